The number of ketones is 1. The Morgan fingerprint density at radius 2 is 1.47 bits per heavy atom. The van der Waals surface area contributed by atoms with E-state index in [0.29, 0.717) is 57.7 Å². The molecule has 2 aliphatic rings. The fourth-order valence-electron chi connectivity index (χ4n) is 4.55. The molecule has 2 saturated heterocycles. The number of rotatable bonds is 4. The molecule has 3 heterocycles. The fourth-order valence-corrected chi connectivity index (χ4v) is 4.55. The Bertz CT molecular complexity index is 931. The van der Waals surface area contributed by atoms with Crippen LogP contribution in [-0.2, 0) is 11.0 Å². The molecule has 1 aromatic heterocycles. The first-order chi connectivity index (χ1) is 15.3. The molecule has 2 aromatic rings. The van der Waals surface area contributed by atoms with E-state index in [1.54, 1.807) is 0 Å². The molecule has 0 atom stereocenters. The van der Waals surface area contributed by atoms with Crippen molar-refractivity contribution in [1.82, 2.24) is 9.88 Å². The van der Waals surface area contributed by atoms with Gasteiger partial charge in [0, 0.05) is 49.8 Å². The smallest absolute Gasteiger partial charge is 0.357 e. The van der Waals surface area contributed by atoms with E-state index in [-0.39, 0.29) is 23.5 Å². The molecule has 0 bridgehead atoms. The molecule has 0 unspecified atom stereocenters. The second-order valence-corrected chi connectivity index (χ2v) is 8.49. The van der Waals surface area contributed by atoms with Gasteiger partial charge in [-0.2, -0.15) is 13.2 Å². The zero-order valence-electron chi connectivity index (χ0n) is 17.7. The first kappa shape index (κ1) is 22.3. The van der Waals surface area contributed by atoms with Crippen LogP contribution in [0.3, 0.4) is 0 Å². The lowest BCUT2D eigenvalue weighted by atomic mass is 9.87. The molecule has 32 heavy (non-hydrogen) atoms. The monoisotopic (exact) mass is 445 g/mol. The molecule has 0 spiro atoms. The van der Waals surface area contributed by atoms with E-state index in [1.807, 2.05) is 40.1 Å². The second kappa shape index (κ2) is 9.30. The summed E-state index contributed by atoms with van der Waals surface area (Å²) in [6.45, 7) is 2.33. The van der Waals surface area contributed by atoms with E-state index < -0.39 is 11.7 Å². The quantitative estimate of drug-likeness (QED) is 0.653. The molecular weight excluding hydrogens is 419 g/mol. The number of carbonyl (C=O) groups is 2. The molecule has 8 heteroatoms. The normalized spacial score (nSPS) is 18.6. The van der Waals surface area contributed by atoms with Crippen LogP contribution in [0.1, 0.15) is 41.6 Å². The number of hydrogen-bond donors (Lipinski definition) is 0. The highest BCUT2D eigenvalue weighted by Crippen LogP contribution is 2.31. The number of piperidine rings is 2. The first-order valence-corrected chi connectivity index (χ1v) is 11.0. The molecule has 2 aliphatic heterocycles. The van der Waals surface area contributed by atoms with Gasteiger partial charge in [-0.05, 0) is 37.8 Å². The van der Waals surface area contributed by atoms with Crippen molar-refractivity contribution in [2.45, 2.75) is 31.9 Å². The highest BCUT2D eigenvalue weighted by Gasteiger charge is 2.34. The summed E-state index contributed by atoms with van der Waals surface area (Å²) in [5, 5.41) is 0. The average Bonchev–Trinajstić information content (AvgIpc) is 2.83. The van der Waals surface area contributed by atoms with E-state index >= 15 is 0 Å². The van der Waals surface area contributed by atoms with Crippen molar-refractivity contribution in [3.63, 3.8) is 0 Å². The Hall–Kier alpha value is -2.90. The standard InChI is InChI=1S/C24H26F3N3O2/c25-24(26,27)20-6-7-21(28-16-20)29-12-10-19(11-13-29)23(32)30-14-8-18(9-15-30)22(31)17-4-2-1-3-5-17/h1-7,16,18-19H,8-15H2. The predicted molar refractivity (Wildman–Crippen MR) is 114 cm³/mol. The molecule has 0 N–H and O–H groups in total. The SMILES string of the molecule is O=C(c1ccccc1)C1CCN(C(=O)C2CCN(c3ccc(C(F)(F)F)cn3)CC2)CC1. The Morgan fingerprint density at radius 3 is 2.03 bits per heavy atom. The summed E-state index contributed by atoms with van der Waals surface area (Å²) in [5.41, 5.74) is -0.0398. The van der Waals surface area contributed by atoms with Gasteiger partial charge in [-0.1, -0.05) is 30.3 Å². The minimum Gasteiger partial charge on any atom is -0.357 e. The highest BCUT2D eigenvalue weighted by molar-refractivity contribution is 5.98. The molecule has 2 fully saturated rings. The van der Waals surface area contributed by atoms with E-state index in [1.165, 1.54) is 6.07 Å². The van der Waals surface area contributed by atoms with Gasteiger partial charge >= 0.3 is 6.18 Å². The van der Waals surface area contributed by atoms with Crippen LogP contribution in [0.15, 0.2) is 48.7 Å². The summed E-state index contributed by atoms with van der Waals surface area (Å²) < 4.78 is 38.2. The molecule has 5 nitrogen and oxygen atoms in total. The third-order valence-corrected chi connectivity index (χ3v) is 6.48. The third-order valence-electron chi connectivity index (χ3n) is 6.48. The number of alkyl halides is 3. The first-order valence-electron chi connectivity index (χ1n) is 11.0. The zero-order chi connectivity index (χ0) is 22.7. The Labute approximate surface area is 185 Å². The van der Waals surface area contributed by atoms with Gasteiger partial charge in [0.05, 0.1) is 5.56 Å². The number of aromatic nitrogens is 1. The summed E-state index contributed by atoms with van der Waals surface area (Å²) in [6.07, 6.45) is -0.909. The molecule has 0 radical (unpaired) electrons. The van der Waals surface area contributed by atoms with Gasteiger partial charge in [-0.3, -0.25) is 9.59 Å². The van der Waals surface area contributed by atoms with Crippen molar-refractivity contribution in [1.29, 1.82) is 0 Å². The minimum atomic E-state index is -4.40. The summed E-state index contributed by atoms with van der Waals surface area (Å²) in [4.78, 5) is 33.4. The van der Waals surface area contributed by atoms with Crippen molar-refractivity contribution in [2.24, 2.45) is 11.8 Å². The number of Topliss-reactive ketones (excluding diaryl/α,β-unsaturated/α-hetero) is 1. The van der Waals surface area contributed by atoms with Crippen LogP contribution in [0.25, 0.3) is 0 Å². The van der Waals surface area contributed by atoms with E-state index in [9.17, 15) is 22.8 Å². The summed E-state index contributed by atoms with van der Waals surface area (Å²) in [5.74, 6) is 0.630. The number of anilines is 1. The number of likely N-dealkylation sites (tertiary alicyclic amines) is 1. The number of halogens is 3. The maximum absolute atomic E-state index is 13.0. The third kappa shape index (κ3) is 4.95. The summed E-state index contributed by atoms with van der Waals surface area (Å²) >= 11 is 0. The second-order valence-electron chi connectivity index (χ2n) is 8.49. The summed E-state index contributed by atoms with van der Waals surface area (Å²) in [6, 6.07) is 11.7. The van der Waals surface area contributed by atoms with Gasteiger partial charge in [0.15, 0.2) is 5.78 Å². The molecular formula is C24H26F3N3O2. The molecule has 170 valence electrons. The lowest BCUT2D eigenvalue weighted by molar-refractivity contribution is -0.138. The van der Waals surface area contributed by atoms with Gasteiger partial charge in [-0.15, -0.1) is 0 Å². The zero-order valence-corrected chi connectivity index (χ0v) is 17.7. The maximum Gasteiger partial charge on any atom is 0.417 e. The van der Waals surface area contributed by atoms with Crippen molar-refractivity contribution in [3.05, 3.63) is 59.8 Å². The highest BCUT2D eigenvalue weighted by atomic mass is 19.4. The van der Waals surface area contributed by atoms with Crippen molar-refractivity contribution < 1.29 is 22.8 Å². The Kier molecular flexibility index (Phi) is 6.48. The summed E-state index contributed by atoms with van der Waals surface area (Å²) in [7, 11) is 0. The van der Waals surface area contributed by atoms with E-state index in [2.05, 4.69) is 4.98 Å². The van der Waals surface area contributed by atoms with Crippen LogP contribution >= 0.6 is 0 Å². The molecule has 0 aliphatic carbocycles. The molecule has 1 amide bonds. The van der Waals surface area contributed by atoms with Gasteiger partial charge < -0.3 is 9.80 Å². The van der Waals surface area contributed by atoms with Crippen LogP contribution in [0.4, 0.5) is 19.0 Å². The number of carbonyl (C=O) groups excluding carboxylic acids is 2. The van der Waals surface area contributed by atoms with Crippen molar-refractivity contribution in [3.8, 4) is 0 Å². The number of amides is 1. The maximum atomic E-state index is 13.0. The van der Waals surface area contributed by atoms with Crippen LogP contribution in [0.2, 0.25) is 0 Å². The van der Waals surface area contributed by atoms with Gasteiger partial charge in [0.1, 0.15) is 5.82 Å². The largest absolute Gasteiger partial charge is 0.417 e. The van der Waals surface area contributed by atoms with Crippen LogP contribution in [-0.4, -0.2) is 47.8 Å². The molecule has 1 aromatic carbocycles. The lowest BCUT2D eigenvalue weighted by Gasteiger charge is -2.37. The number of benzene rings is 1. The van der Waals surface area contributed by atoms with Crippen LogP contribution in [0, 0.1) is 11.8 Å². The average molecular weight is 445 g/mol. The number of pyridine rings is 1. The fraction of sp³-hybridized carbons (Fsp3) is 0.458. The number of hydrogen-bond acceptors (Lipinski definition) is 4. The van der Waals surface area contributed by atoms with Gasteiger partial charge in [0.2, 0.25) is 5.91 Å². The van der Waals surface area contributed by atoms with Crippen molar-refractivity contribution in [2.75, 3.05) is 31.1 Å². The van der Waals surface area contributed by atoms with E-state index in [4.69, 9.17) is 0 Å². The Balaban J connectivity index is 1.26. The molecule has 4 rings (SSSR count). The van der Waals surface area contributed by atoms with Gasteiger partial charge in [-0.25, -0.2) is 4.98 Å². The molecule has 0 saturated carbocycles. The van der Waals surface area contributed by atoms with Crippen LogP contribution < -0.4 is 4.90 Å². The minimum absolute atomic E-state index is 0.0472. The van der Waals surface area contributed by atoms with Crippen LogP contribution in [0.5, 0.6) is 0 Å². The predicted octanol–water partition coefficient (Wildman–Crippen LogP) is 4.44. The van der Waals surface area contributed by atoms with Gasteiger partial charge in [0.25, 0.3) is 0 Å². The number of nitrogens with zero attached hydrogens (tertiary/aromatic N) is 3. The van der Waals surface area contributed by atoms with E-state index in [0.717, 1.165) is 17.8 Å². The van der Waals surface area contributed by atoms with Crippen molar-refractivity contribution >= 4 is 17.5 Å². The lowest BCUT2D eigenvalue weighted by Crippen LogP contribution is -2.46. The topological polar surface area (TPSA) is 53.5 Å². The Morgan fingerprint density at radius 1 is 0.844 bits per heavy atom.